The standard InChI is InChI=1S/C8H4F3O2/c9-8(10,11)13-7-4-2-1-3-6(7)5-12/h1-4H. The van der Waals surface area contributed by atoms with Crippen LogP contribution in [-0.2, 0) is 4.79 Å². The Labute approximate surface area is 71.9 Å². The molecule has 1 aromatic rings. The first kappa shape index (κ1) is 9.57. The van der Waals surface area contributed by atoms with E-state index >= 15 is 0 Å². The van der Waals surface area contributed by atoms with Crippen LogP contribution in [0, 0.1) is 0 Å². The lowest BCUT2D eigenvalue weighted by molar-refractivity contribution is -0.274. The van der Waals surface area contributed by atoms with Crippen molar-refractivity contribution in [3.63, 3.8) is 0 Å². The number of benzene rings is 1. The van der Waals surface area contributed by atoms with Crippen molar-refractivity contribution in [1.82, 2.24) is 0 Å². The monoisotopic (exact) mass is 189 g/mol. The summed E-state index contributed by atoms with van der Waals surface area (Å²) in [5, 5.41) is 0. The van der Waals surface area contributed by atoms with Crippen LogP contribution in [0.4, 0.5) is 13.2 Å². The summed E-state index contributed by atoms with van der Waals surface area (Å²) in [6.45, 7) is 0. The molecule has 2 nitrogen and oxygen atoms in total. The molecule has 0 unspecified atom stereocenters. The molecule has 0 amide bonds. The largest absolute Gasteiger partial charge is 0.573 e. The molecular formula is C8H4F3O2. The lowest BCUT2D eigenvalue weighted by Crippen LogP contribution is -2.18. The summed E-state index contributed by atoms with van der Waals surface area (Å²) in [5.41, 5.74) is -0.250. The highest BCUT2D eigenvalue weighted by molar-refractivity contribution is 5.79. The average Bonchev–Trinajstić information content (AvgIpc) is 2.02. The Bertz CT molecular complexity index is 307. The van der Waals surface area contributed by atoms with Crippen molar-refractivity contribution in [2.45, 2.75) is 6.36 Å². The molecule has 0 aliphatic rings. The zero-order chi connectivity index (χ0) is 9.90. The summed E-state index contributed by atoms with van der Waals surface area (Å²) >= 11 is 0. The van der Waals surface area contributed by atoms with E-state index in [4.69, 9.17) is 0 Å². The van der Waals surface area contributed by atoms with Gasteiger partial charge in [0.25, 0.3) is 0 Å². The molecule has 0 atom stereocenters. The van der Waals surface area contributed by atoms with Gasteiger partial charge in [-0.2, -0.15) is 0 Å². The topological polar surface area (TPSA) is 26.3 Å². The van der Waals surface area contributed by atoms with Crippen molar-refractivity contribution in [2.24, 2.45) is 0 Å². The lowest BCUT2D eigenvalue weighted by atomic mass is 10.2. The molecule has 1 radical (unpaired) electrons. The number of alkyl halides is 3. The highest BCUT2D eigenvalue weighted by Gasteiger charge is 2.31. The minimum atomic E-state index is -4.78. The van der Waals surface area contributed by atoms with E-state index in [0.717, 1.165) is 6.07 Å². The maximum Gasteiger partial charge on any atom is 0.573 e. The van der Waals surface area contributed by atoms with Gasteiger partial charge in [0.15, 0.2) is 0 Å². The van der Waals surface area contributed by atoms with Gasteiger partial charge >= 0.3 is 6.36 Å². The minimum Gasteiger partial charge on any atom is -0.405 e. The van der Waals surface area contributed by atoms with Gasteiger partial charge in [0, 0.05) is 0 Å². The Morgan fingerprint density at radius 1 is 1.23 bits per heavy atom. The van der Waals surface area contributed by atoms with E-state index in [1.54, 1.807) is 0 Å². The van der Waals surface area contributed by atoms with Crippen LogP contribution in [0.3, 0.4) is 0 Å². The van der Waals surface area contributed by atoms with Gasteiger partial charge in [-0.15, -0.1) is 13.2 Å². The van der Waals surface area contributed by atoms with Crippen LogP contribution in [0.1, 0.15) is 5.56 Å². The maximum absolute atomic E-state index is 11.7. The Morgan fingerprint density at radius 3 is 2.38 bits per heavy atom. The molecule has 69 valence electrons. The van der Waals surface area contributed by atoms with Gasteiger partial charge in [0.05, 0.1) is 5.56 Å². The van der Waals surface area contributed by atoms with E-state index in [1.807, 2.05) is 0 Å². The molecule has 13 heavy (non-hydrogen) atoms. The van der Waals surface area contributed by atoms with E-state index in [0.29, 0.717) is 0 Å². The summed E-state index contributed by atoms with van der Waals surface area (Å²) in [6.07, 6.45) is -3.44. The predicted molar refractivity (Wildman–Crippen MR) is 37.9 cm³/mol. The van der Waals surface area contributed by atoms with E-state index in [1.165, 1.54) is 24.5 Å². The first-order valence-corrected chi connectivity index (χ1v) is 3.26. The minimum absolute atomic E-state index is 0.250. The Balaban J connectivity index is 2.94. The smallest absolute Gasteiger partial charge is 0.405 e. The van der Waals surface area contributed by atoms with Crippen LogP contribution >= 0.6 is 0 Å². The first-order chi connectivity index (χ1) is 6.03. The third kappa shape index (κ3) is 2.77. The average molecular weight is 189 g/mol. The second kappa shape index (κ2) is 3.47. The number of rotatable bonds is 2. The van der Waals surface area contributed by atoms with Crippen molar-refractivity contribution < 1.29 is 22.7 Å². The molecular weight excluding hydrogens is 185 g/mol. The fourth-order valence-electron chi connectivity index (χ4n) is 0.765. The lowest BCUT2D eigenvalue weighted by Gasteiger charge is -2.09. The molecule has 1 rings (SSSR count). The molecule has 0 aromatic heterocycles. The number of para-hydroxylation sites is 1. The number of hydrogen-bond donors (Lipinski definition) is 0. The maximum atomic E-state index is 11.7. The van der Waals surface area contributed by atoms with E-state index in [2.05, 4.69) is 4.74 Å². The highest BCUT2D eigenvalue weighted by Crippen LogP contribution is 2.24. The third-order valence-corrected chi connectivity index (χ3v) is 1.22. The van der Waals surface area contributed by atoms with Gasteiger partial charge < -0.3 is 4.74 Å². The first-order valence-electron chi connectivity index (χ1n) is 3.26. The van der Waals surface area contributed by atoms with Gasteiger partial charge in [-0.25, -0.2) is 0 Å². The fraction of sp³-hybridized carbons (Fsp3) is 0.125. The van der Waals surface area contributed by atoms with Crippen molar-refractivity contribution in [3.8, 4) is 5.75 Å². The molecule has 0 fully saturated rings. The van der Waals surface area contributed by atoms with Crippen LogP contribution in [0.2, 0.25) is 0 Å². The van der Waals surface area contributed by atoms with Crippen molar-refractivity contribution in [1.29, 1.82) is 0 Å². The highest BCUT2D eigenvalue weighted by atomic mass is 19.4. The summed E-state index contributed by atoms with van der Waals surface area (Å²) < 4.78 is 38.7. The van der Waals surface area contributed by atoms with E-state index in [-0.39, 0.29) is 5.56 Å². The van der Waals surface area contributed by atoms with Crippen molar-refractivity contribution >= 4 is 6.29 Å². The molecule has 5 heteroatoms. The Morgan fingerprint density at radius 2 is 1.85 bits per heavy atom. The predicted octanol–water partition coefficient (Wildman–Crippen LogP) is 2.04. The number of carbonyl (C=O) groups excluding carboxylic acids is 1. The number of halogens is 3. The van der Waals surface area contributed by atoms with Crippen LogP contribution in [-0.4, -0.2) is 12.6 Å². The second-order valence-corrected chi connectivity index (χ2v) is 2.15. The van der Waals surface area contributed by atoms with Crippen LogP contribution in [0.5, 0.6) is 5.75 Å². The van der Waals surface area contributed by atoms with Crippen molar-refractivity contribution in [2.75, 3.05) is 0 Å². The SMILES string of the molecule is O=[C]c1ccccc1OC(F)(F)F. The normalized spacial score (nSPS) is 11.0. The van der Waals surface area contributed by atoms with Crippen molar-refractivity contribution in [3.05, 3.63) is 29.8 Å². The fourth-order valence-corrected chi connectivity index (χ4v) is 0.765. The van der Waals surface area contributed by atoms with E-state index in [9.17, 15) is 18.0 Å². The summed E-state index contributed by atoms with van der Waals surface area (Å²) in [5.74, 6) is -0.537. The van der Waals surface area contributed by atoms with Crippen LogP contribution in [0.25, 0.3) is 0 Å². The van der Waals surface area contributed by atoms with Gasteiger partial charge in [-0.3, -0.25) is 4.79 Å². The zero-order valence-electron chi connectivity index (χ0n) is 6.26. The molecule has 0 saturated carbocycles. The second-order valence-electron chi connectivity index (χ2n) is 2.15. The Kier molecular flexibility index (Phi) is 2.55. The number of ether oxygens (including phenoxy) is 1. The molecule has 0 saturated heterocycles. The third-order valence-electron chi connectivity index (χ3n) is 1.22. The van der Waals surface area contributed by atoms with Crippen LogP contribution in [0.15, 0.2) is 24.3 Å². The zero-order valence-corrected chi connectivity index (χ0v) is 6.26. The van der Waals surface area contributed by atoms with Gasteiger partial charge in [-0.05, 0) is 12.1 Å². The Hall–Kier alpha value is -1.52. The molecule has 0 N–H and O–H groups in total. The molecule has 0 bridgehead atoms. The number of hydrogen-bond acceptors (Lipinski definition) is 2. The van der Waals surface area contributed by atoms with E-state index < -0.39 is 12.1 Å². The molecule has 0 aliphatic heterocycles. The molecule has 1 aromatic carbocycles. The molecule has 0 spiro atoms. The van der Waals surface area contributed by atoms with Crippen LogP contribution < -0.4 is 4.74 Å². The molecule has 0 aliphatic carbocycles. The summed E-state index contributed by atoms with van der Waals surface area (Å²) in [4.78, 5) is 10.1. The van der Waals surface area contributed by atoms with Gasteiger partial charge in [0.1, 0.15) is 5.75 Å². The molecule has 0 heterocycles. The summed E-state index contributed by atoms with van der Waals surface area (Å²) in [6, 6.07) is 4.99. The van der Waals surface area contributed by atoms with Gasteiger partial charge in [-0.1, -0.05) is 12.1 Å². The van der Waals surface area contributed by atoms with Gasteiger partial charge in [0.2, 0.25) is 6.29 Å². The summed E-state index contributed by atoms with van der Waals surface area (Å²) in [7, 11) is 0. The quantitative estimate of drug-likeness (QED) is 0.711.